The summed E-state index contributed by atoms with van der Waals surface area (Å²) in [5, 5.41) is 0. The Morgan fingerprint density at radius 2 is 2.00 bits per heavy atom. The Morgan fingerprint density at radius 3 is 2.53 bits per heavy atom. The van der Waals surface area contributed by atoms with E-state index in [4.69, 9.17) is 10.5 Å². The highest BCUT2D eigenvalue weighted by Gasteiger charge is 2.17. The molecule has 0 spiro atoms. The lowest BCUT2D eigenvalue weighted by molar-refractivity contribution is -0.125. The first-order valence-corrected chi connectivity index (χ1v) is 5.06. The van der Waals surface area contributed by atoms with Crippen LogP contribution in [-0.2, 0) is 9.53 Å². The largest absolute Gasteiger partial charge is 0.449 e. The summed E-state index contributed by atoms with van der Waals surface area (Å²) in [7, 11) is 0. The molecular weight excluding hydrogens is 262 g/mol. The molecule has 1 rings (SSSR count). The third kappa shape index (κ3) is 3.06. The maximum Gasteiger partial charge on any atom is 0.340 e. The predicted octanol–water partition coefficient (Wildman–Crippen LogP) is 1.48. The monoisotopic (exact) mass is 271 g/mol. The molecule has 1 atom stereocenters. The summed E-state index contributed by atoms with van der Waals surface area (Å²) >= 11 is 3.21. The van der Waals surface area contributed by atoms with Crippen LogP contribution < -0.4 is 5.73 Å². The van der Waals surface area contributed by atoms with E-state index in [2.05, 4.69) is 15.9 Å². The Kier molecular flexibility index (Phi) is 3.85. The Labute approximate surface area is 95.5 Å². The third-order valence-electron chi connectivity index (χ3n) is 1.78. The molecule has 0 bridgehead atoms. The van der Waals surface area contributed by atoms with Crippen LogP contribution in [0.25, 0.3) is 0 Å². The van der Waals surface area contributed by atoms with Crippen LogP contribution in [0.3, 0.4) is 0 Å². The minimum absolute atomic E-state index is 0.366. The highest BCUT2D eigenvalue weighted by atomic mass is 79.9. The van der Waals surface area contributed by atoms with Gasteiger partial charge in [-0.25, -0.2) is 4.79 Å². The molecule has 80 valence electrons. The van der Waals surface area contributed by atoms with Crippen LogP contribution in [0, 0.1) is 0 Å². The molecule has 1 aromatic carbocycles. The fraction of sp³-hybridized carbons (Fsp3) is 0.200. The zero-order chi connectivity index (χ0) is 11.4. The van der Waals surface area contributed by atoms with Gasteiger partial charge in [0, 0.05) is 4.47 Å². The van der Waals surface area contributed by atoms with Gasteiger partial charge in [0.1, 0.15) is 0 Å². The Bertz CT molecular complexity index is 392. The molecule has 4 nitrogen and oxygen atoms in total. The second-order valence-corrected chi connectivity index (χ2v) is 3.78. The third-order valence-corrected chi connectivity index (χ3v) is 2.47. The average molecular weight is 272 g/mol. The van der Waals surface area contributed by atoms with Gasteiger partial charge in [-0.2, -0.15) is 0 Å². The van der Waals surface area contributed by atoms with E-state index in [9.17, 15) is 9.59 Å². The molecule has 0 saturated carbocycles. The molecule has 0 aliphatic carbocycles. The lowest BCUT2D eigenvalue weighted by atomic mass is 10.2. The summed E-state index contributed by atoms with van der Waals surface area (Å²) in [5.41, 5.74) is 5.34. The summed E-state index contributed by atoms with van der Waals surface area (Å²) in [4.78, 5) is 22.2. The molecule has 0 saturated heterocycles. The van der Waals surface area contributed by atoms with Gasteiger partial charge in [-0.3, -0.25) is 4.79 Å². The van der Waals surface area contributed by atoms with E-state index in [0.29, 0.717) is 10.0 Å². The predicted molar refractivity (Wildman–Crippen MR) is 58.2 cm³/mol. The van der Waals surface area contributed by atoms with Gasteiger partial charge in [-0.1, -0.05) is 12.1 Å². The Balaban J connectivity index is 2.78. The summed E-state index contributed by atoms with van der Waals surface area (Å²) in [6, 6.07) is 6.79. The minimum atomic E-state index is -0.926. The van der Waals surface area contributed by atoms with Crippen molar-refractivity contribution >= 4 is 27.8 Å². The number of benzene rings is 1. The highest BCUT2D eigenvalue weighted by Crippen LogP contribution is 2.17. The van der Waals surface area contributed by atoms with Crippen LogP contribution in [0.15, 0.2) is 28.7 Å². The number of esters is 1. The van der Waals surface area contributed by atoms with E-state index in [0.717, 1.165) is 0 Å². The van der Waals surface area contributed by atoms with Crippen molar-refractivity contribution in [3.63, 3.8) is 0 Å². The van der Waals surface area contributed by atoms with Crippen LogP contribution in [-0.4, -0.2) is 18.0 Å². The van der Waals surface area contributed by atoms with E-state index in [1.54, 1.807) is 24.3 Å². The molecule has 0 radical (unpaired) electrons. The van der Waals surface area contributed by atoms with Crippen molar-refractivity contribution in [2.45, 2.75) is 13.0 Å². The molecule has 5 heteroatoms. The Morgan fingerprint density at radius 1 is 1.40 bits per heavy atom. The topological polar surface area (TPSA) is 69.4 Å². The number of carbonyl (C=O) groups excluding carboxylic acids is 2. The zero-order valence-corrected chi connectivity index (χ0v) is 9.65. The van der Waals surface area contributed by atoms with Gasteiger partial charge >= 0.3 is 5.97 Å². The molecule has 1 amide bonds. The number of hydrogen-bond acceptors (Lipinski definition) is 3. The molecule has 2 N–H and O–H groups in total. The molecule has 0 aliphatic rings. The van der Waals surface area contributed by atoms with E-state index >= 15 is 0 Å². The molecule has 0 heterocycles. The first-order chi connectivity index (χ1) is 7.02. The quantitative estimate of drug-likeness (QED) is 0.847. The van der Waals surface area contributed by atoms with E-state index in [1.165, 1.54) is 6.92 Å². The van der Waals surface area contributed by atoms with Gasteiger partial charge in [0.25, 0.3) is 5.91 Å². The van der Waals surface area contributed by atoms with Crippen LogP contribution in [0.5, 0.6) is 0 Å². The molecule has 0 unspecified atom stereocenters. The van der Waals surface area contributed by atoms with Gasteiger partial charge in [0.05, 0.1) is 5.56 Å². The number of amides is 1. The van der Waals surface area contributed by atoms with Gasteiger partial charge in [0.15, 0.2) is 6.10 Å². The maximum absolute atomic E-state index is 11.5. The lowest BCUT2D eigenvalue weighted by Gasteiger charge is -2.10. The van der Waals surface area contributed by atoms with Gasteiger partial charge in [0.2, 0.25) is 0 Å². The van der Waals surface area contributed by atoms with Crippen molar-refractivity contribution in [3.05, 3.63) is 34.3 Å². The fourth-order valence-corrected chi connectivity index (χ4v) is 1.36. The van der Waals surface area contributed by atoms with Crippen molar-refractivity contribution in [1.82, 2.24) is 0 Å². The van der Waals surface area contributed by atoms with Crippen molar-refractivity contribution in [2.75, 3.05) is 0 Å². The lowest BCUT2D eigenvalue weighted by Crippen LogP contribution is -2.30. The molecule has 0 aromatic heterocycles. The number of nitrogens with two attached hydrogens (primary N) is 1. The summed E-state index contributed by atoms with van der Waals surface area (Å²) in [5.74, 6) is -1.25. The number of primary amides is 1. The number of rotatable bonds is 3. The molecule has 15 heavy (non-hydrogen) atoms. The van der Waals surface area contributed by atoms with Crippen molar-refractivity contribution < 1.29 is 14.3 Å². The Hall–Kier alpha value is -1.36. The van der Waals surface area contributed by atoms with E-state index in [-0.39, 0.29) is 0 Å². The average Bonchev–Trinajstić information content (AvgIpc) is 2.18. The smallest absolute Gasteiger partial charge is 0.340 e. The number of ether oxygens (including phenoxy) is 1. The normalized spacial score (nSPS) is 11.9. The number of carbonyl (C=O) groups is 2. The van der Waals surface area contributed by atoms with Crippen LogP contribution in [0.2, 0.25) is 0 Å². The zero-order valence-electron chi connectivity index (χ0n) is 8.07. The van der Waals surface area contributed by atoms with Crippen molar-refractivity contribution in [3.8, 4) is 0 Å². The van der Waals surface area contributed by atoms with Gasteiger partial charge in [-0.05, 0) is 35.0 Å². The SMILES string of the molecule is C[C@H](OC(=O)c1ccccc1Br)C(N)=O. The van der Waals surface area contributed by atoms with Crippen LogP contribution >= 0.6 is 15.9 Å². The standard InChI is InChI=1S/C10H10BrNO3/c1-6(9(12)13)15-10(14)7-4-2-3-5-8(7)11/h2-6H,1H3,(H2,12,13)/t6-/m0/s1. The summed E-state index contributed by atoms with van der Waals surface area (Å²) in [6.07, 6.45) is -0.926. The van der Waals surface area contributed by atoms with Gasteiger partial charge in [-0.15, -0.1) is 0 Å². The molecule has 0 fully saturated rings. The van der Waals surface area contributed by atoms with Crippen molar-refractivity contribution in [2.24, 2.45) is 5.73 Å². The first kappa shape index (κ1) is 11.7. The van der Waals surface area contributed by atoms with Gasteiger partial charge < -0.3 is 10.5 Å². The van der Waals surface area contributed by atoms with Crippen molar-refractivity contribution in [1.29, 1.82) is 0 Å². The highest BCUT2D eigenvalue weighted by molar-refractivity contribution is 9.10. The van der Waals surface area contributed by atoms with E-state index < -0.39 is 18.0 Å². The minimum Gasteiger partial charge on any atom is -0.449 e. The number of hydrogen-bond donors (Lipinski definition) is 1. The molecular formula is C10H10BrNO3. The van der Waals surface area contributed by atoms with Crippen LogP contribution in [0.1, 0.15) is 17.3 Å². The summed E-state index contributed by atoms with van der Waals surface area (Å²) in [6.45, 7) is 1.43. The van der Waals surface area contributed by atoms with E-state index in [1.807, 2.05) is 0 Å². The second kappa shape index (κ2) is 4.93. The summed E-state index contributed by atoms with van der Waals surface area (Å²) < 4.78 is 5.45. The maximum atomic E-state index is 11.5. The van der Waals surface area contributed by atoms with Crippen LogP contribution in [0.4, 0.5) is 0 Å². The first-order valence-electron chi connectivity index (χ1n) is 4.27. The fourth-order valence-electron chi connectivity index (χ4n) is 0.909. The second-order valence-electron chi connectivity index (χ2n) is 2.93. The number of halogens is 1. The molecule has 0 aliphatic heterocycles. The molecule has 1 aromatic rings.